The molecule has 13 nitrogen and oxygen atoms in total. The number of aliphatic hydroxyl groups excluding tert-OH is 2. The number of aliphatic carboxylic acids is 1. The molecule has 0 bridgehead atoms. The number of nitrogens with one attached hydrogen (secondary N) is 4. The maximum atomic E-state index is 13.0. The molecule has 0 saturated heterocycles. The van der Waals surface area contributed by atoms with Crippen molar-refractivity contribution in [2.75, 3.05) is 0 Å². The average molecular weight is 593 g/mol. The van der Waals surface area contributed by atoms with Crippen LogP contribution in [-0.4, -0.2) is 87.1 Å². The molecule has 0 heterocycles. The first-order valence-corrected chi connectivity index (χ1v) is 14.0. The molecule has 0 saturated carbocycles. The number of carboxylic acid groups (broad SMARTS) is 1. The van der Waals surface area contributed by atoms with E-state index in [0.29, 0.717) is 12.0 Å². The number of Topliss-reactive ketones (excluding diaryl/α,β-unsaturated/α-hetero) is 1. The monoisotopic (exact) mass is 592 g/mol. The highest BCUT2D eigenvalue weighted by atomic mass is 16.4. The van der Waals surface area contributed by atoms with Crippen LogP contribution < -0.4 is 21.3 Å². The van der Waals surface area contributed by atoms with Crippen LogP contribution in [0.15, 0.2) is 30.3 Å². The Balaban J connectivity index is 2.96. The molecule has 0 aromatic heterocycles. The van der Waals surface area contributed by atoms with Crippen LogP contribution in [0.3, 0.4) is 0 Å². The zero-order chi connectivity index (χ0) is 32.1. The highest BCUT2D eigenvalue weighted by Gasteiger charge is 2.35. The molecule has 1 aromatic rings. The summed E-state index contributed by atoms with van der Waals surface area (Å²) in [7, 11) is 0. The van der Waals surface area contributed by atoms with Crippen LogP contribution in [0.25, 0.3) is 0 Å². The Morgan fingerprint density at radius 1 is 0.690 bits per heavy atom. The van der Waals surface area contributed by atoms with Crippen LogP contribution in [0.4, 0.5) is 0 Å². The molecule has 0 fully saturated rings. The number of hydrogen-bond acceptors (Lipinski definition) is 8. The van der Waals surface area contributed by atoms with Crippen molar-refractivity contribution in [1.29, 1.82) is 0 Å². The van der Waals surface area contributed by atoms with Crippen LogP contribution in [0.5, 0.6) is 0 Å². The third-order valence-electron chi connectivity index (χ3n) is 6.57. The maximum absolute atomic E-state index is 13.0. The third-order valence-corrected chi connectivity index (χ3v) is 6.57. The van der Waals surface area contributed by atoms with Gasteiger partial charge in [0.2, 0.25) is 23.6 Å². The molecule has 13 heteroatoms. The molecule has 0 spiro atoms. The molecule has 0 aliphatic rings. The Labute approximate surface area is 245 Å². The highest BCUT2D eigenvalue weighted by molar-refractivity contribution is 6.03. The van der Waals surface area contributed by atoms with Crippen molar-refractivity contribution >= 4 is 35.4 Å². The van der Waals surface area contributed by atoms with Crippen molar-refractivity contribution in [3.63, 3.8) is 0 Å². The maximum Gasteiger partial charge on any atom is 0.326 e. The minimum absolute atomic E-state index is 0.0281. The minimum atomic E-state index is -1.63. The van der Waals surface area contributed by atoms with E-state index in [2.05, 4.69) is 21.3 Å². The van der Waals surface area contributed by atoms with Gasteiger partial charge in [-0.05, 0) is 38.7 Å². The van der Waals surface area contributed by atoms with Gasteiger partial charge in [-0.3, -0.25) is 24.0 Å². The van der Waals surface area contributed by atoms with E-state index in [1.165, 1.54) is 20.8 Å². The number of ketones is 1. The summed E-state index contributed by atoms with van der Waals surface area (Å²) in [6.45, 7) is 9.05. The third kappa shape index (κ3) is 11.6. The highest BCUT2D eigenvalue weighted by Crippen LogP contribution is 2.10. The average Bonchev–Trinajstić information content (AvgIpc) is 2.92. The van der Waals surface area contributed by atoms with Gasteiger partial charge in [-0.2, -0.15) is 0 Å². The Morgan fingerprint density at radius 2 is 1.14 bits per heavy atom. The van der Waals surface area contributed by atoms with Gasteiger partial charge < -0.3 is 36.6 Å². The van der Waals surface area contributed by atoms with Crippen molar-refractivity contribution in [2.45, 2.75) is 97.2 Å². The van der Waals surface area contributed by atoms with Crippen LogP contribution in [0, 0.1) is 11.8 Å². The summed E-state index contributed by atoms with van der Waals surface area (Å²) in [6, 6.07) is 3.26. The molecular formula is C29H44N4O9. The number of aliphatic hydroxyl groups is 2. The van der Waals surface area contributed by atoms with E-state index in [0.717, 1.165) is 0 Å². The Kier molecular flexibility index (Phi) is 14.8. The van der Waals surface area contributed by atoms with E-state index >= 15 is 0 Å². The summed E-state index contributed by atoms with van der Waals surface area (Å²) in [5.41, 5.74) is 0.652. The van der Waals surface area contributed by atoms with Gasteiger partial charge in [0.05, 0.1) is 18.2 Å². The number of rotatable bonds is 17. The lowest BCUT2D eigenvalue weighted by molar-refractivity contribution is -0.144. The fourth-order valence-corrected chi connectivity index (χ4v) is 4.05. The molecular weight excluding hydrogens is 548 g/mol. The molecule has 0 aliphatic carbocycles. The fourth-order valence-electron chi connectivity index (χ4n) is 4.05. The zero-order valence-corrected chi connectivity index (χ0v) is 24.9. The fraction of sp³-hybridized carbons (Fsp3) is 0.586. The molecule has 7 N–H and O–H groups in total. The predicted molar refractivity (Wildman–Crippen MR) is 153 cm³/mol. The minimum Gasteiger partial charge on any atom is -0.480 e. The molecule has 0 unspecified atom stereocenters. The van der Waals surface area contributed by atoms with Crippen molar-refractivity contribution in [3.05, 3.63) is 35.9 Å². The van der Waals surface area contributed by atoms with E-state index in [1.807, 2.05) is 13.8 Å². The van der Waals surface area contributed by atoms with Crippen molar-refractivity contribution < 1.29 is 44.1 Å². The van der Waals surface area contributed by atoms with E-state index in [9.17, 15) is 44.1 Å². The summed E-state index contributed by atoms with van der Waals surface area (Å²) in [5, 5.41) is 39.4. The first kappa shape index (κ1) is 36.2. The second-order valence-electron chi connectivity index (χ2n) is 10.8. The van der Waals surface area contributed by atoms with Crippen LogP contribution in [0.1, 0.15) is 59.9 Å². The van der Waals surface area contributed by atoms with Gasteiger partial charge in [-0.15, -0.1) is 0 Å². The molecule has 1 aromatic carbocycles. The van der Waals surface area contributed by atoms with Gasteiger partial charge >= 0.3 is 5.97 Å². The predicted octanol–water partition coefficient (Wildman–Crippen LogP) is -0.324. The van der Waals surface area contributed by atoms with Gasteiger partial charge in [0, 0.05) is 12.8 Å². The smallest absolute Gasteiger partial charge is 0.326 e. The number of benzene rings is 1. The zero-order valence-electron chi connectivity index (χ0n) is 24.9. The van der Waals surface area contributed by atoms with Crippen molar-refractivity contribution in [2.24, 2.45) is 11.8 Å². The molecule has 234 valence electrons. The topological polar surface area (TPSA) is 211 Å². The second-order valence-corrected chi connectivity index (χ2v) is 10.8. The van der Waals surface area contributed by atoms with Crippen molar-refractivity contribution in [3.8, 4) is 0 Å². The Bertz CT molecular complexity index is 1090. The quantitative estimate of drug-likeness (QED) is 0.118. The lowest BCUT2D eigenvalue weighted by Crippen LogP contribution is -2.61. The van der Waals surface area contributed by atoms with Gasteiger partial charge in [0.1, 0.15) is 24.0 Å². The van der Waals surface area contributed by atoms with Gasteiger partial charge in [-0.1, -0.05) is 51.1 Å². The summed E-state index contributed by atoms with van der Waals surface area (Å²) in [5.74, 6) is -6.66. The Morgan fingerprint density at radius 3 is 1.60 bits per heavy atom. The van der Waals surface area contributed by atoms with Gasteiger partial charge in [0.25, 0.3) is 0 Å². The van der Waals surface area contributed by atoms with E-state index in [1.54, 1.807) is 37.3 Å². The lowest BCUT2D eigenvalue weighted by atomic mass is 9.98. The summed E-state index contributed by atoms with van der Waals surface area (Å²) >= 11 is 0. The van der Waals surface area contributed by atoms with E-state index in [-0.39, 0.29) is 24.5 Å². The van der Waals surface area contributed by atoms with Gasteiger partial charge in [-0.25, -0.2) is 4.79 Å². The molecule has 4 amide bonds. The summed E-state index contributed by atoms with van der Waals surface area (Å²) < 4.78 is 0. The largest absolute Gasteiger partial charge is 0.480 e. The van der Waals surface area contributed by atoms with Crippen LogP contribution >= 0.6 is 0 Å². The molecule has 42 heavy (non-hydrogen) atoms. The second kappa shape index (κ2) is 17.2. The van der Waals surface area contributed by atoms with Gasteiger partial charge in [0.15, 0.2) is 5.78 Å². The van der Waals surface area contributed by atoms with Crippen LogP contribution in [-0.2, 0) is 35.2 Å². The number of carbonyl (C=O) groups excluding carboxylic acids is 5. The number of amides is 4. The van der Waals surface area contributed by atoms with Crippen LogP contribution in [0.2, 0.25) is 0 Å². The molecule has 0 aliphatic heterocycles. The van der Waals surface area contributed by atoms with E-state index < -0.39 is 71.9 Å². The number of hydrogen-bond donors (Lipinski definition) is 7. The molecule has 1 rings (SSSR count). The van der Waals surface area contributed by atoms with E-state index in [4.69, 9.17) is 0 Å². The summed E-state index contributed by atoms with van der Waals surface area (Å²) in [4.78, 5) is 75.6. The van der Waals surface area contributed by atoms with Crippen molar-refractivity contribution in [1.82, 2.24) is 21.3 Å². The first-order chi connectivity index (χ1) is 19.6. The standard InChI is InChI=1S/C29H44N4O9/c1-7-22(36)20(13-15(2)3)30-27(39)23(17(5)34)33-28(40)24(18(6)35)32-26(38)16(4)25(37)31-21(29(41)42)14-19-11-9-8-10-12-19/h8-12,15-18,20-21,23-24,34-35H,7,13-14H2,1-6H3,(H,30,39)(H,31,37)(H,32,38)(H,33,40)(H,41,42)/t16-,17+,18+,20-,21-,23-,24-/m0/s1. The molecule has 0 radical (unpaired) electrons. The number of carbonyl (C=O) groups is 6. The number of carboxylic acids is 1. The lowest BCUT2D eigenvalue weighted by Gasteiger charge is -2.28. The normalized spacial score (nSPS) is 16.1. The Hall–Kier alpha value is -3.84. The first-order valence-electron chi connectivity index (χ1n) is 14.0. The SMILES string of the molecule is CCC(=O)[C@H](CC(C)C)NC(=O)[C@@H](NC(=O)[C@@H](NC(=O)[C@@H](C)C(=O)N[C@@H](Cc1ccccc1)C(=O)O)[C@@H](C)O)[C@@H](C)O. The summed E-state index contributed by atoms with van der Waals surface area (Å²) in [6.07, 6.45) is -2.40. The molecule has 7 atom stereocenters.